The van der Waals surface area contributed by atoms with Crippen LogP contribution in [-0.2, 0) is 0 Å². The lowest BCUT2D eigenvalue weighted by Crippen LogP contribution is -2.16. The van der Waals surface area contributed by atoms with Gasteiger partial charge in [0.2, 0.25) is 5.82 Å². The van der Waals surface area contributed by atoms with Crippen LogP contribution in [0.3, 0.4) is 0 Å². The molecule has 1 unspecified atom stereocenters. The van der Waals surface area contributed by atoms with Gasteiger partial charge in [-0.15, -0.1) is 0 Å². The highest BCUT2D eigenvalue weighted by Crippen LogP contribution is 2.40. The van der Waals surface area contributed by atoms with Gasteiger partial charge in [-0.3, -0.25) is 0 Å². The van der Waals surface area contributed by atoms with Crippen LogP contribution in [-0.4, -0.2) is 0 Å². The maximum atomic E-state index is 14.8. The number of rotatable bonds is 2. The molecule has 1 nitrogen and oxygen atoms in total. The molecule has 0 saturated carbocycles. The lowest BCUT2D eigenvalue weighted by atomic mass is 9.88. The zero-order valence-electron chi connectivity index (χ0n) is 14.1. The molecule has 0 heterocycles. The second kappa shape index (κ2) is 7.36. The molecule has 13 heteroatoms. The molecule has 0 aliphatic heterocycles. The van der Waals surface area contributed by atoms with Crippen molar-refractivity contribution in [3.63, 3.8) is 0 Å². The van der Waals surface area contributed by atoms with Crippen LogP contribution in [0.2, 0.25) is 0 Å². The van der Waals surface area contributed by atoms with Crippen LogP contribution in [0.25, 0.3) is 10.8 Å². The van der Waals surface area contributed by atoms with Gasteiger partial charge in [-0.2, -0.15) is 5.26 Å². The topological polar surface area (TPSA) is 23.8 Å². The number of nitriles is 1. The number of fused-ring (bicyclic) bond motifs is 1. The molecule has 3 aromatic rings. The second-order valence-electron chi connectivity index (χ2n) is 5.91. The summed E-state index contributed by atoms with van der Waals surface area (Å²) in [6, 6.07) is 0.757. The third-order valence-electron chi connectivity index (χ3n) is 4.32. The van der Waals surface area contributed by atoms with E-state index < -0.39 is 97.6 Å². The molecule has 0 N–H and O–H groups in total. The normalized spacial score (nSPS) is 12.4. The van der Waals surface area contributed by atoms with Crippen molar-refractivity contribution in [2.45, 2.75) is 5.92 Å². The molecule has 0 amide bonds. The molecule has 0 aliphatic rings. The molecule has 0 aliphatic carbocycles. The first-order valence-electron chi connectivity index (χ1n) is 7.61. The van der Waals surface area contributed by atoms with Gasteiger partial charge in [0.05, 0.1) is 22.4 Å². The van der Waals surface area contributed by atoms with Gasteiger partial charge in [-0.05, 0) is 0 Å². The molecule has 3 rings (SSSR count). The number of benzene rings is 3. The third-order valence-corrected chi connectivity index (χ3v) is 4.32. The van der Waals surface area contributed by atoms with Gasteiger partial charge in [-0.1, -0.05) is 0 Å². The fourth-order valence-electron chi connectivity index (χ4n) is 2.91. The van der Waals surface area contributed by atoms with Gasteiger partial charge in [0.15, 0.2) is 58.2 Å². The average molecular weight is 459 g/mol. The van der Waals surface area contributed by atoms with E-state index in [0.29, 0.717) is 0 Å². The average Bonchev–Trinajstić information content (AvgIpc) is 2.74. The van der Waals surface area contributed by atoms with Gasteiger partial charge in [0, 0.05) is 5.56 Å². The Hall–Kier alpha value is -3.43. The molecule has 1 atom stereocenters. The van der Waals surface area contributed by atoms with Crippen molar-refractivity contribution >= 4 is 10.8 Å². The van der Waals surface area contributed by atoms with Crippen molar-refractivity contribution < 1.29 is 52.7 Å². The minimum atomic E-state index is -3.15. The Morgan fingerprint density at radius 3 is 1.06 bits per heavy atom. The Morgan fingerprint density at radius 1 is 0.387 bits per heavy atom. The molecular formula is C18HF12N. The lowest BCUT2D eigenvalue weighted by molar-refractivity contribution is 0.368. The van der Waals surface area contributed by atoms with E-state index in [-0.39, 0.29) is 0 Å². The molecule has 0 saturated heterocycles. The molecule has 0 aromatic heterocycles. The van der Waals surface area contributed by atoms with Crippen LogP contribution < -0.4 is 0 Å². The maximum Gasteiger partial charge on any atom is 0.200 e. The van der Waals surface area contributed by atoms with E-state index in [9.17, 15) is 52.7 Å². The zero-order chi connectivity index (χ0) is 23.5. The van der Waals surface area contributed by atoms with Crippen molar-refractivity contribution in [2.24, 2.45) is 0 Å². The van der Waals surface area contributed by atoms with E-state index in [1.54, 1.807) is 0 Å². The highest BCUT2D eigenvalue weighted by Gasteiger charge is 2.38. The van der Waals surface area contributed by atoms with Crippen molar-refractivity contribution in [3.05, 3.63) is 80.9 Å². The number of halogens is 12. The number of nitrogens with zero attached hydrogens (tertiary/aromatic N) is 1. The summed E-state index contributed by atoms with van der Waals surface area (Å²) in [4.78, 5) is 0. The minimum absolute atomic E-state index is 0.757. The second-order valence-corrected chi connectivity index (χ2v) is 5.91. The van der Waals surface area contributed by atoms with Gasteiger partial charge in [-0.25, -0.2) is 52.7 Å². The fraction of sp³-hybridized carbons (Fsp3) is 0.0556. The van der Waals surface area contributed by atoms with Crippen LogP contribution >= 0.6 is 0 Å². The standard InChI is InChI=1S/C18HF12N/c19-7-3(2(1-31)4-9(21)14(26)18(30)15(27)10(4)22)8(20)11(23)6-5(7)12(24)16(28)17(29)13(6)25/h2H. The Labute approximate surface area is 162 Å². The van der Waals surface area contributed by atoms with Crippen molar-refractivity contribution in [1.29, 1.82) is 5.26 Å². The summed E-state index contributed by atoms with van der Waals surface area (Å²) in [5.41, 5.74) is -4.29. The van der Waals surface area contributed by atoms with E-state index in [4.69, 9.17) is 5.26 Å². The molecule has 0 spiro atoms. The predicted octanol–water partition coefficient (Wildman–Crippen LogP) is 6.16. The maximum absolute atomic E-state index is 14.8. The Kier molecular flexibility index (Phi) is 5.29. The van der Waals surface area contributed by atoms with Gasteiger partial charge in [0.1, 0.15) is 11.7 Å². The molecule has 3 aromatic carbocycles. The van der Waals surface area contributed by atoms with Crippen LogP contribution in [0.15, 0.2) is 0 Å². The van der Waals surface area contributed by atoms with Crippen molar-refractivity contribution in [2.75, 3.05) is 0 Å². The van der Waals surface area contributed by atoms with Gasteiger partial charge >= 0.3 is 0 Å². The number of hydrogen-bond acceptors (Lipinski definition) is 1. The molecule has 0 fully saturated rings. The monoisotopic (exact) mass is 459 g/mol. The first-order chi connectivity index (χ1) is 14.4. The predicted molar refractivity (Wildman–Crippen MR) is 77.3 cm³/mol. The van der Waals surface area contributed by atoms with E-state index in [1.807, 2.05) is 0 Å². The minimum Gasteiger partial charge on any atom is -0.206 e. The van der Waals surface area contributed by atoms with E-state index in [1.165, 1.54) is 0 Å². The molecule has 0 bridgehead atoms. The smallest absolute Gasteiger partial charge is 0.200 e. The Balaban J connectivity index is 2.54. The van der Waals surface area contributed by atoms with Crippen LogP contribution in [0.1, 0.15) is 17.0 Å². The summed E-state index contributed by atoms with van der Waals surface area (Å²) < 4.78 is 166. The summed E-state index contributed by atoms with van der Waals surface area (Å²) in [5.74, 6) is -35.0. The Bertz CT molecular complexity index is 1300. The molecule has 31 heavy (non-hydrogen) atoms. The summed E-state index contributed by atoms with van der Waals surface area (Å²) >= 11 is 0. The van der Waals surface area contributed by atoms with Crippen molar-refractivity contribution in [1.82, 2.24) is 0 Å². The van der Waals surface area contributed by atoms with Gasteiger partial charge in [0.25, 0.3) is 0 Å². The SMILES string of the molecule is N#CC(c1c(F)c(F)c(F)c(F)c1F)c1c(F)c(F)c2c(F)c(F)c(F)c(F)c2c1F. The quantitative estimate of drug-likeness (QED) is 0.256. The van der Waals surface area contributed by atoms with E-state index in [0.717, 1.165) is 6.07 Å². The summed E-state index contributed by atoms with van der Waals surface area (Å²) in [6.07, 6.45) is 0. The lowest BCUT2D eigenvalue weighted by Gasteiger charge is -2.17. The molecule has 0 radical (unpaired) electrons. The summed E-state index contributed by atoms with van der Waals surface area (Å²) in [6.45, 7) is 0. The molecule has 162 valence electrons. The van der Waals surface area contributed by atoms with Crippen LogP contribution in [0.5, 0.6) is 0 Å². The van der Waals surface area contributed by atoms with Crippen molar-refractivity contribution in [3.8, 4) is 6.07 Å². The van der Waals surface area contributed by atoms with Crippen LogP contribution in [0.4, 0.5) is 52.7 Å². The summed E-state index contributed by atoms with van der Waals surface area (Å²) in [7, 11) is 0. The zero-order valence-corrected chi connectivity index (χ0v) is 14.1. The highest BCUT2D eigenvalue weighted by atomic mass is 19.2. The number of hydrogen-bond donors (Lipinski definition) is 0. The van der Waals surface area contributed by atoms with Gasteiger partial charge < -0.3 is 0 Å². The van der Waals surface area contributed by atoms with E-state index >= 15 is 0 Å². The van der Waals surface area contributed by atoms with Crippen LogP contribution in [0, 0.1) is 81.1 Å². The summed E-state index contributed by atoms with van der Waals surface area (Å²) in [5, 5.41) is 4.89. The highest BCUT2D eigenvalue weighted by molar-refractivity contribution is 5.86. The molecular weight excluding hydrogens is 458 g/mol. The fourth-order valence-corrected chi connectivity index (χ4v) is 2.91. The first kappa shape index (κ1) is 22.3. The Morgan fingerprint density at radius 2 is 0.645 bits per heavy atom. The third kappa shape index (κ3) is 2.88. The first-order valence-corrected chi connectivity index (χ1v) is 7.61. The van der Waals surface area contributed by atoms with E-state index in [2.05, 4.69) is 0 Å². The largest absolute Gasteiger partial charge is 0.206 e.